The Morgan fingerprint density at radius 2 is 1.33 bits per heavy atom. The third kappa shape index (κ3) is 8.08. The van der Waals surface area contributed by atoms with E-state index in [2.05, 4.69) is 81.4 Å². The van der Waals surface area contributed by atoms with Crippen LogP contribution in [0.3, 0.4) is 0 Å². The molecule has 1 heterocycles. The van der Waals surface area contributed by atoms with Crippen LogP contribution in [0.4, 0.5) is 0 Å². The van der Waals surface area contributed by atoms with Crippen LogP contribution in [0.5, 0.6) is 0 Å². The molecule has 0 fully saturated rings. The first-order valence-electron chi connectivity index (χ1n) is 15.8. The van der Waals surface area contributed by atoms with Gasteiger partial charge in [0.15, 0.2) is 9.84 Å². The third-order valence-corrected chi connectivity index (χ3v) is 10.0. The molecule has 0 unspecified atom stereocenters. The van der Waals surface area contributed by atoms with E-state index >= 15 is 0 Å². The minimum absolute atomic E-state index is 0.0640. The Balaban J connectivity index is 1.22. The average molecular weight is 622 g/mol. The van der Waals surface area contributed by atoms with Crippen molar-refractivity contribution in [2.45, 2.75) is 76.8 Å². The maximum absolute atomic E-state index is 13.1. The van der Waals surface area contributed by atoms with E-state index in [1.54, 1.807) is 33.5 Å². The Hall–Kier alpha value is -4.23. The van der Waals surface area contributed by atoms with Crippen molar-refractivity contribution in [2.75, 3.05) is 5.75 Å². The van der Waals surface area contributed by atoms with Crippen LogP contribution in [0.15, 0.2) is 113 Å². The number of nitrogens with zero attached hydrogens (tertiary/aromatic N) is 3. The molecule has 45 heavy (non-hydrogen) atoms. The molecule has 0 atom stereocenters. The van der Waals surface area contributed by atoms with Gasteiger partial charge in [0.05, 0.1) is 17.2 Å². The third-order valence-electron chi connectivity index (χ3n) is 8.28. The lowest BCUT2D eigenvalue weighted by molar-refractivity contribution is 0.588. The van der Waals surface area contributed by atoms with Crippen LogP contribution in [-0.4, -0.2) is 28.5 Å². The van der Waals surface area contributed by atoms with Crippen LogP contribution in [-0.2, 0) is 47.6 Å². The van der Waals surface area contributed by atoms with Crippen LogP contribution < -0.4 is 5.69 Å². The van der Waals surface area contributed by atoms with E-state index in [4.69, 9.17) is 5.10 Å². The molecule has 1 aromatic heterocycles. The van der Waals surface area contributed by atoms with Crippen molar-refractivity contribution in [1.82, 2.24) is 14.3 Å². The van der Waals surface area contributed by atoms with Gasteiger partial charge in [0.2, 0.25) is 0 Å². The number of aromatic nitrogens is 3. The van der Waals surface area contributed by atoms with E-state index < -0.39 is 9.84 Å². The zero-order valence-electron chi connectivity index (χ0n) is 26.7. The van der Waals surface area contributed by atoms with Gasteiger partial charge in [-0.05, 0) is 77.1 Å². The summed E-state index contributed by atoms with van der Waals surface area (Å²) in [6.07, 6.45) is 2.91. The van der Waals surface area contributed by atoms with Crippen LogP contribution in [0.2, 0.25) is 0 Å². The van der Waals surface area contributed by atoms with E-state index in [-0.39, 0.29) is 16.9 Å². The quantitative estimate of drug-likeness (QED) is 0.147. The summed E-state index contributed by atoms with van der Waals surface area (Å²) in [5.41, 5.74) is 6.74. The average Bonchev–Trinajstić information content (AvgIpc) is 3.33. The molecule has 0 spiro atoms. The molecule has 0 amide bonds. The van der Waals surface area contributed by atoms with E-state index in [0.29, 0.717) is 30.8 Å². The molecule has 0 bridgehead atoms. The van der Waals surface area contributed by atoms with Gasteiger partial charge in [-0.1, -0.05) is 112 Å². The van der Waals surface area contributed by atoms with Gasteiger partial charge in [0.1, 0.15) is 5.82 Å². The summed E-state index contributed by atoms with van der Waals surface area (Å²) < 4.78 is 28.9. The summed E-state index contributed by atoms with van der Waals surface area (Å²) in [7, 11) is -3.33. The first-order chi connectivity index (χ1) is 21.5. The summed E-state index contributed by atoms with van der Waals surface area (Å²) in [6, 6.07) is 33.7. The second-order valence-electron chi connectivity index (χ2n) is 12.7. The number of hydrogen-bond donors (Lipinski definition) is 0. The van der Waals surface area contributed by atoms with E-state index in [1.807, 2.05) is 25.1 Å². The van der Waals surface area contributed by atoms with Gasteiger partial charge in [0.25, 0.3) is 0 Å². The summed E-state index contributed by atoms with van der Waals surface area (Å²) in [4.78, 5) is 13.5. The first kappa shape index (κ1) is 32.2. The van der Waals surface area contributed by atoms with Crippen LogP contribution >= 0.6 is 0 Å². The molecule has 0 aliphatic rings. The zero-order chi connectivity index (χ0) is 32.0. The maximum Gasteiger partial charge on any atom is 0.346 e. The predicted molar refractivity (Wildman–Crippen MR) is 183 cm³/mol. The van der Waals surface area contributed by atoms with Crippen molar-refractivity contribution in [3.8, 4) is 11.1 Å². The van der Waals surface area contributed by atoms with Crippen molar-refractivity contribution in [3.05, 3.63) is 142 Å². The number of sulfone groups is 1. The lowest BCUT2D eigenvalue weighted by Crippen LogP contribution is -2.25. The molecular weight excluding hydrogens is 579 g/mol. The Labute approximate surface area is 267 Å². The van der Waals surface area contributed by atoms with Crippen molar-refractivity contribution in [2.24, 2.45) is 0 Å². The first-order valence-corrected chi connectivity index (χ1v) is 17.4. The molecule has 0 aliphatic carbocycles. The van der Waals surface area contributed by atoms with E-state index in [9.17, 15) is 13.2 Å². The Morgan fingerprint density at radius 1 is 0.711 bits per heavy atom. The highest BCUT2D eigenvalue weighted by Gasteiger charge is 2.16. The van der Waals surface area contributed by atoms with Crippen molar-refractivity contribution in [1.29, 1.82) is 0 Å². The monoisotopic (exact) mass is 621 g/mol. The molecule has 5 rings (SSSR count). The van der Waals surface area contributed by atoms with Crippen molar-refractivity contribution < 1.29 is 8.42 Å². The zero-order valence-corrected chi connectivity index (χ0v) is 27.6. The second kappa shape index (κ2) is 13.8. The van der Waals surface area contributed by atoms with E-state index in [0.717, 1.165) is 40.9 Å². The summed E-state index contributed by atoms with van der Waals surface area (Å²) in [5, 5.41) is 4.73. The van der Waals surface area contributed by atoms with Gasteiger partial charge in [-0.3, -0.25) is 4.57 Å². The molecule has 0 radical (unpaired) electrons. The molecule has 0 saturated carbocycles. The molecule has 234 valence electrons. The molecule has 0 N–H and O–H groups in total. The lowest BCUT2D eigenvalue weighted by Gasteiger charge is -2.19. The topological polar surface area (TPSA) is 74.0 Å². The van der Waals surface area contributed by atoms with Gasteiger partial charge in [-0.25, -0.2) is 17.9 Å². The minimum atomic E-state index is -3.33. The van der Waals surface area contributed by atoms with Crippen LogP contribution in [0.1, 0.15) is 62.2 Å². The Morgan fingerprint density at radius 3 is 1.93 bits per heavy atom. The molecule has 6 nitrogen and oxygen atoms in total. The SMILES string of the molecule is CCn1c(CCCc2cccc(-c3cccc(CCS(=O)(=O)c4ccccc4)c3)c2)nn(Cc2ccc(C(C)(C)C)cc2)c1=O. The van der Waals surface area contributed by atoms with Crippen molar-refractivity contribution >= 4 is 9.84 Å². The Kier molecular flexibility index (Phi) is 9.88. The van der Waals surface area contributed by atoms with Gasteiger partial charge in [-0.15, -0.1) is 0 Å². The molecule has 0 saturated heterocycles. The fourth-order valence-electron chi connectivity index (χ4n) is 5.64. The van der Waals surface area contributed by atoms with Gasteiger partial charge < -0.3 is 0 Å². The minimum Gasteiger partial charge on any atom is -0.279 e. The standard InChI is InChI=1S/C38H43N3O3S/c1-5-40-36(39-41(37(40)42)28-31-20-22-34(23-21-31)38(2,3)4)19-11-14-29-12-9-15-32(26-29)33-16-10-13-30(27-33)24-25-45(43,44)35-17-7-6-8-18-35/h6-10,12-13,15-18,20-23,26-27H,5,11,14,19,24-25,28H2,1-4H3. The predicted octanol–water partition coefficient (Wildman–Crippen LogP) is 7.27. The number of hydrogen-bond acceptors (Lipinski definition) is 4. The summed E-state index contributed by atoms with van der Waals surface area (Å²) >= 11 is 0. The fourth-order valence-corrected chi connectivity index (χ4v) is 6.95. The summed E-state index contributed by atoms with van der Waals surface area (Å²) in [6.45, 7) is 9.63. The summed E-state index contributed by atoms with van der Waals surface area (Å²) in [5.74, 6) is 0.894. The second-order valence-corrected chi connectivity index (χ2v) is 14.8. The normalized spacial score (nSPS) is 12.0. The molecule has 7 heteroatoms. The van der Waals surface area contributed by atoms with Crippen LogP contribution in [0.25, 0.3) is 11.1 Å². The van der Waals surface area contributed by atoms with Gasteiger partial charge in [-0.2, -0.15) is 5.10 Å². The fraction of sp³-hybridized carbons (Fsp3) is 0.316. The number of aryl methyl sites for hydroxylation is 3. The lowest BCUT2D eigenvalue weighted by atomic mass is 9.87. The van der Waals surface area contributed by atoms with E-state index in [1.165, 1.54) is 11.1 Å². The highest BCUT2D eigenvalue weighted by atomic mass is 32.2. The molecule has 5 aromatic rings. The van der Waals surface area contributed by atoms with Crippen LogP contribution in [0, 0.1) is 0 Å². The maximum atomic E-state index is 13.1. The highest BCUT2D eigenvalue weighted by Crippen LogP contribution is 2.24. The molecule has 4 aromatic carbocycles. The number of benzene rings is 4. The molecular formula is C38H43N3O3S. The van der Waals surface area contributed by atoms with Crippen molar-refractivity contribution in [3.63, 3.8) is 0 Å². The number of rotatable bonds is 12. The van der Waals surface area contributed by atoms with Gasteiger partial charge >= 0.3 is 5.69 Å². The Bertz CT molecular complexity index is 1900. The molecule has 0 aliphatic heterocycles. The largest absolute Gasteiger partial charge is 0.346 e. The smallest absolute Gasteiger partial charge is 0.279 e. The highest BCUT2D eigenvalue weighted by molar-refractivity contribution is 7.91. The van der Waals surface area contributed by atoms with Gasteiger partial charge in [0, 0.05) is 13.0 Å².